The molecule has 0 N–H and O–H groups in total. The Labute approximate surface area is 103 Å². The number of benzene rings is 1. The summed E-state index contributed by atoms with van der Waals surface area (Å²) in [5.41, 5.74) is 1.14. The predicted molar refractivity (Wildman–Crippen MR) is 69.9 cm³/mol. The van der Waals surface area contributed by atoms with Gasteiger partial charge in [0.2, 0.25) is 0 Å². The molecule has 0 aliphatic rings. The number of carbonyl (C=O) groups is 1. The van der Waals surface area contributed by atoms with Crippen molar-refractivity contribution in [3.05, 3.63) is 52.4 Å². The first-order chi connectivity index (χ1) is 7.79. The van der Waals surface area contributed by atoms with Gasteiger partial charge in [-0.1, -0.05) is 23.7 Å². The number of thiophene rings is 1. The Morgan fingerprint density at radius 3 is 2.50 bits per heavy atom. The first kappa shape index (κ1) is 11.1. The van der Waals surface area contributed by atoms with Gasteiger partial charge in [0.05, 0.1) is 0 Å². The lowest BCUT2D eigenvalue weighted by molar-refractivity contribution is -0.104. The molecule has 0 spiro atoms. The summed E-state index contributed by atoms with van der Waals surface area (Å²) in [6, 6.07) is 11.8. The molecule has 0 saturated carbocycles. The van der Waals surface area contributed by atoms with E-state index < -0.39 is 0 Å². The van der Waals surface area contributed by atoms with E-state index in [9.17, 15) is 4.79 Å². The van der Waals surface area contributed by atoms with E-state index in [1.54, 1.807) is 17.4 Å². The van der Waals surface area contributed by atoms with Gasteiger partial charge in [-0.15, -0.1) is 11.3 Å². The van der Waals surface area contributed by atoms with Gasteiger partial charge in [-0.25, -0.2) is 0 Å². The van der Waals surface area contributed by atoms with Crippen LogP contribution in [0.1, 0.15) is 4.88 Å². The summed E-state index contributed by atoms with van der Waals surface area (Å²) >= 11 is 7.47. The molecular formula is C13H9ClOS. The molecule has 1 nitrogen and oxygen atoms in total. The topological polar surface area (TPSA) is 17.1 Å². The van der Waals surface area contributed by atoms with Crippen molar-refractivity contribution in [2.24, 2.45) is 0 Å². The lowest BCUT2D eigenvalue weighted by Gasteiger charge is -1.96. The van der Waals surface area contributed by atoms with Crippen molar-refractivity contribution in [1.82, 2.24) is 0 Å². The van der Waals surface area contributed by atoms with E-state index in [1.807, 2.05) is 36.4 Å². The van der Waals surface area contributed by atoms with Crippen LogP contribution in [0.3, 0.4) is 0 Å². The van der Waals surface area contributed by atoms with E-state index in [0.717, 1.165) is 21.7 Å². The van der Waals surface area contributed by atoms with Crippen molar-refractivity contribution in [1.29, 1.82) is 0 Å². The van der Waals surface area contributed by atoms with Crippen molar-refractivity contribution < 1.29 is 4.79 Å². The van der Waals surface area contributed by atoms with Gasteiger partial charge < -0.3 is 0 Å². The molecule has 2 aromatic rings. The minimum absolute atomic E-state index is 0.737. The molecule has 0 radical (unpaired) electrons. The summed E-state index contributed by atoms with van der Waals surface area (Å²) in [6.45, 7) is 0. The Morgan fingerprint density at radius 1 is 1.06 bits per heavy atom. The zero-order chi connectivity index (χ0) is 11.4. The van der Waals surface area contributed by atoms with Crippen LogP contribution in [-0.2, 0) is 4.79 Å². The summed E-state index contributed by atoms with van der Waals surface area (Å²) in [6.07, 6.45) is 4.08. The number of hydrogen-bond acceptors (Lipinski definition) is 2. The van der Waals surface area contributed by atoms with Crippen LogP contribution >= 0.6 is 22.9 Å². The van der Waals surface area contributed by atoms with E-state index in [-0.39, 0.29) is 0 Å². The minimum Gasteiger partial charge on any atom is -0.299 e. The molecule has 0 bridgehead atoms. The fourth-order valence-corrected chi connectivity index (χ4v) is 2.40. The highest BCUT2D eigenvalue weighted by Gasteiger charge is 2.00. The fraction of sp³-hybridized carbons (Fsp3) is 0. The van der Waals surface area contributed by atoms with E-state index >= 15 is 0 Å². The first-order valence-electron chi connectivity index (χ1n) is 4.77. The average Bonchev–Trinajstić information content (AvgIpc) is 2.76. The fourth-order valence-electron chi connectivity index (χ4n) is 1.35. The van der Waals surface area contributed by atoms with E-state index in [1.165, 1.54) is 11.0 Å². The van der Waals surface area contributed by atoms with Crippen LogP contribution in [0, 0.1) is 0 Å². The number of allylic oxidation sites excluding steroid dienone is 1. The summed E-state index contributed by atoms with van der Waals surface area (Å²) in [5, 5.41) is 0.737. The van der Waals surface area contributed by atoms with Gasteiger partial charge in [0.25, 0.3) is 0 Å². The van der Waals surface area contributed by atoms with Crippen LogP contribution in [0.25, 0.3) is 16.5 Å². The van der Waals surface area contributed by atoms with Crippen molar-refractivity contribution >= 4 is 35.3 Å². The molecule has 0 fully saturated rings. The van der Waals surface area contributed by atoms with Crippen LogP contribution < -0.4 is 0 Å². The van der Waals surface area contributed by atoms with E-state index in [4.69, 9.17) is 11.6 Å². The average molecular weight is 249 g/mol. The number of aldehydes is 1. The molecule has 0 aliphatic carbocycles. The number of carbonyl (C=O) groups excluding carboxylic acids is 1. The maximum atomic E-state index is 10.2. The molecule has 1 heterocycles. The Morgan fingerprint density at radius 2 is 1.81 bits per heavy atom. The van der Waals surface area contributed by atoms with Gasteiger partial charge in [-0.3, -0.25) is 4.79 Å². The highest BCUT2D eigenvalue weighted by atomic mass is 35.5. The summed E-state index contributed by atoms with van der Waals surface area (Å²) < 4.78 is 0. The number of hydrogen-bond donors (Lipinski definition) is 0. The maximum absolute atomic E-state index is 10.2. The molecule has 1 aromatic heterocycles. The van der Waals surface area contributed by atoms with Crippen molar-refractivity contribution in [2.45, 2.75) is 0 Å². The van der Waals surface area contributed by atoms with Gasteiger partial charge in [-0.2, -0.15) is 0 Å². The number of rotatable bonds is 3. The van der Waals surface area contributed by atoms with Gasteiger partial charge in [0.15, 0.2) is 0 Å². The van der Waals surface area contributed by atoms with E-state index in [0.29, 0.717) is 0 Å². The van der Waals surface area contributed by atoms with Crippen molar-refractivity contribution in [3.8, 4) is 10.4 Å². The Kier molecular flexibility index (Phi) is 3.54. The van der Waals surface area contributed by atoms with Crippen molar-refractivity contribution in [2.75, 3.05) is 0 Å². The van der Waals surface area contributed by atoms with Gasteiger partial charge in [-0.05, 0) is 42.0 Å². The molecule has 0 unspecified atom stereocenters. The highest BCUT2D eigenvalue weighted by molar-refractivity contribution is 7.16. The Hall–Kier alpha value is -1.38. The quantitative estimate of drug-likeness (QED) is 0.585. The SMILES string of the molecule is O=CC=Cc1ccc(-c2ccc(Cl)cc2)s1. The zero-order valence-corrected chi connectivity index (χ0v) is 9.96. The lowest BCUT2D eigenvalue weighted by atomic mass is 10.2. The molecule has 1 aromatic carbocycles. The molecule has 0 saturated heterocycles. The third kappa shape index (κ3) is 2.60. The third-order valence-corrected chi connectivity index (χ3v) is 3.45. The summed E-state index contributed by atoms with van der Waals surface area (Å²) in [5.74, 6) is 0. The number of halogens is 1. The second-order valence-corrected chi connectivity index (χ2v) is 4.76. The largest absolute Gasteiger partial charge is 0.299 e. The predicted octanol–water partition coefficient (Wildman–Crippen LogP) is 4.28. The highest BCUT2D eigenvalue weighted by Crippen LogP contribution is 2.29. The second kappa shape index (κ2) is 5.10. The molecule has 16 heavy (non-hydrogen) atoms. The van der Waals surface area contributed by atoms with Crippen LogP contribution in [0.5, 0.6) is 0 Å². The summed E-state index contributed by atoms with van der Waals surface area (Å²) in [7, 11) is 0. The minimum atomic E-state index is 0.737. The second-order valence-electron chi connectivity index (χ2n) is 3.20. The summed E-state index contributed by atoms with van der Waals surface area (Å²) in [4.78, 5) is 12.4. The molecule has 3 heteroatoms. The molecule has 0 atom stereocenters. The van der Waals surface area contributed by atoms with Gasteiger partial charge in [0, 0.05) is 14.8 Å². The Bertz CT molecular complexity index is 511. The third-order valence-electron chi connectivity index (χ3n) is 2.09. The molecule has 80 valence electrons. The molecule has 0 amide bonds. The maximum Gasteiger partial charge on any atom is 0.142 e. The van der Waals surface area contributed by atoms with Crippen LogP contribution in [-0.4, -0.2) is 6.29 Å². The monoisotopic (exact) mass is 248 g/mol. The Balaban J connectivity index is 2.27. The van der Waals surface area contributed by atoms with Crippen molar-refractivity contribution in [3.63, 3.8) is 0 Å². The smallest absolute Gasteiger partial charge is 0.142 e. The first-order valence-corrected chi connectivity index (χ1v) is 5.96. The molecule has 0 aliphatic heterocycles. The normalized spacial score (nSPS) is 10.8. The molecule has 2 rings (SSSR count). The molecular weight excluding hydrogens is 240 g/mol. The standard InChI is InChI=1S/C13H9ClOS/c14-11-5-3-10(4-6-11)13-8-7-12(16-13)2-1-9-15/h1-9H. The van der Waals surface area contributed by atoms with Crippen LogP contribution in [0.2, 0.25) is 5.02 Å². The van der Waals surface area contributed by atoms with Gasteiger partial charge in [0.1, 0.15) is 6.29 Å². The van der Waals surface area contributed by atoms with Crippen LogP contribution in [0.15, 0.2) is 42.5 Å². The van der Waals surface area contributed by atoms with E-state index in [2.05, 4.69) is 0 Å². The van der Waals surface area contributed by atoms with Crippen LogP contribution in [0.4, 0.5) is 0 Å². The lowest BCUT2D eigenvalue weighted by Crippen LogP contribution is -1.69. The zero-order valence-electron chi connectivity index (χ0n) is 8.39. The van der Waals surface area contributed by atoms with Gasteiger partial charge >= 0.3 is 0 Å².